The van der Waals surface area contributed by atoms with Gasteiger partial charge < -0.3 is 10.4 Å². The Morgan fingerprint density at radius 2 is 2.06 bits per heavy atom. The Labute approximate surface area is 118 Å². The molecule has 0 spiro atoms. The number of nitrogens with one attached hydrogen (secondary N) is 1. The van der Waals surface area contributed by atoms with Gasteiger partial charge in [-0.1, -0.05) is 27.5 Å². The molecule has 1 rings (SSSR count). The van der Waals surface area contributed by atoms with Gasteiger partial charge >= 0.3 is 5.97 Å². The van der Waals surface area contributed by atoms with Crippen LogP contribution in [0.2, 0.25) is 5.02 Å². The highest BCUT2D eigenvalue weighted by molar-refractivity contribution is 9.10. The van der Waals surface area contributed by atoms with Gasteiger partial charge in [0.05, 0.1) is 10.6 Å². The Morgan fingerprint density at radius 1 is 1.33 bits per heavy atom. The summed E-state index contributed by atoms with van der Waals surface area (Å²) < 4.78 is 0.780. The molecule has 18 heavy (non-hydrogen) atoms. The molecule has 0 radical (unpaired) electrons. The van der Waals surface area contributed by atoms with E-state index >= 15 is 0 Å². The summed E-state index contributed by atoms with van der Waals surface area (Å²) in [7, 11) is 0. The lowest BCUT2D eigenvalue weighted by molar-refractivity contribution is -0.137. The number of aliphatic carboxylic acids is 1. The zero-order valence-corrected chi connectivity index (χ0v) is 11.9. The van der Waals surface area contributed by atoms with Crippen LogP contribution in [0, 0.1) is 0 Å². The number of carboxylic acids is 1. The second-order valence-electron chi connectivity index (χ2n) is 3.73. The van der Waals surface area contributed by atoms with Gasteiger partial charge in [0.1, 0.15) is 0 Å². The fourth-order valence-electron chi connectivity index (χ4n) is 1.37. The van der Waals surface area contributed by atoms with Gasteiger partial charge in [0.2, 0.25) is 0 Å². The Kier molecular flexibility index (Phi) is 6.15. The van der Waals surface area contributed by atoms with Crippen LogP contribution in [-0.2, 0) is 4.79 Å². The molecule has 0 aliphatic rings. The zero-order valence-electron chi connectivity index (χ0n) is 9.58. The third kappa shape index (κ3) is 5.06. The Bertz CT molecular complexity index is 451. The average Bonchev–Trinajstić information content (AvgIpc) is 2.31. The molecule has 0 aromatic heterocycles. The van der Waals surface area contributed by atoms with E-state index in [4.69, 9.17) is 16.7 Å². The monoisotopic (exact) mass is 333 g/mol. The third-order valence-electron chi connectivity index (χ3n) is 2.28. The molecule has 0 unspecified atom stereocenters. The first-order chi connectivity index (χ1) is 8.50. The number of carbonyl (C=O) groups excluding carboxylic acids is 1. The van der Waals surface area contributed by atoms with E-state index in [1.54, 1.807) is 18.2 Å². The zero-order chi connectivity index (χ0) is 13.5. The van der Waals surface area contributed by atoms with Crippen molar-refractivity contribution in [1.29, 1.82) is 0 Å². The molecule has 0 aliphatic heterocycles. The van der Waals surface area contributed by atoms with E-state index in [1.165, 1.54) is 0 Å². The maximum absolute atomic E-state index is 11.8. The van der Waals surface area contributed by atoms with Crippen LogP contribution in [0.3, 0.4) is 0 Å². The molecule has 2 N–H and O–H groups in total. The maximum atomic E-state index is 11.8. The minimum absolute atomic E-state index is 0.119. The fraction of sp³-hybridized carbons (Fsp3) is 0.333. The summed E-state index contributed by atoms with van der Waals surface area (Å²) >= 11 is 9.18. The van der Waals surface area contributed by atoms with Crippen molar-refractivity contribution in [3.05, 3.63) is 33.3 Å². The average molecular weight is 335 g/mol. The van der Waals surface area contributed by atoms with Crippen LogP contribution < -0.4 is 5.32 Å². The Balaban J connectivity index is 2.41. The summed E-state index contributed by atoms with van der Waals surface area (Å²) in [6, 6.07) is 5.05. The third-order valence-corrected chi connectivity index (χ3v) is 3.10. The van der Waals surface area contributed by atoms with E-state index in [-0.39, 0.29) is 12.3 Å². The number of rotatable bonds is 6. The van der Waals surface area contributed by atoms with Gasteiger partial charge in [-0.15, -0.1) is 0 Å². The van der Waals surface area contributed by atoms with Crippen molar-refractivity contribution >= 4 is 39.4 Å². The summed E-state index contributed by atoms with van der Waals surface area (Å²) in [5.74, 6) is -1.08. The van der Waals surface area contributed by atoms with Crippen LogP contribution >= 0.6 is 27.5 Å². The number of hydrogen-bond donors (Lipinski definition) is 2. The molecule has 0 heterocycles. The van der Waals surface area contributed by atoms with Crippen molar-refractivity contribution < 1.29 is 14.7 Å². The van der Waals surface area contributed by atoms with Gasteiger partial charge in [0.15, 0.2) is 0 Å². The topological polar surface area (TPSA) is 66.4 Å². The van der Waals surface area contributed by atoms with Crippen LogP contribution in [0.4, 0.5) is 0 Å². The standard InChI is InChI=1S/C12H13BrClNO3/c13-8-4-5-10(14)9(7-8)12(18)15-6-2-1-3-11(16)17/h4-5,7H,1-3,6H2,(H,15,18)(H,16,17). The van der Waals surface area contributed by atoms with Crippen molar-refractivity contribution in [1.82, 2.24) is 5.32 Å². The molecule has 1 aromatic rings. The first kappa shape index (κ1) is 15.0. The number of carbonyl (C=O) groups is 2. The number of amides is 1. The first-order valence-electron chi connectivity index (χ1n) is 5.45. The molecule has 0 aliphatic carbocycles. The predicted octanol–water partition coefficient (Wildman–Crippen LogP) is 3.09. The van der Waals surface area contributed by atoms with Gasteiger partial charge in [-0.05, 0) is 31.0 Å². The van der Waals surface area contributed by atoms with Gasteiger partial charge in [-0.2, -0.15) is 0 Å². The minimum Gasteiger partial charge on any atom is -0.481 e. The fourth-order valence-corrected chi connectivity index (χ4v) is 1.93. The van der Waals surface area contributed by atoms with Crippen molar-refractivity contribution in [2.24, 2.45) is 0 Å². The molecule has 4 nitrogen and oxygen atoms in total. The second kappa shape index (κ2) is 7.38. The van der Waals surface area contributed by atoms with E-state index in [9.17, 15) is 9.59 Å². The molecule has 0 fully saturated rings. The lowest BCUT2D eigenvalue weighted by atomic mass is 10.2. The summed E-state index contributed by atoms with van der Waals surface area (Å²) in [4.78, 5) is 22.1. The Hall–Kier alpha value is -1.07. The molecular formula is C12H13BrClNO3. The highest BCUT2D eigenvalue weighted by atomic mass is 79.9. The molecule has 6 heteroatoms. The lowest BCUT2D eigenvalue weighted by Gasteiger charge is -2.06. The SMILES string of the molecule is O=C(O)CCCCNC(=O)c1cc(Br)ccc1Cl. The highest BCUT2D eigenvalue weighted by Gasteiger charge is 2.10. The number of unbranched alkanes of at least 4 members (excludes halogenated alkanes) is 1. The normalized spacial score (nSPS) is 10.1. The summed E-state index contributed by atoms with van der Waals surface area (Å²) in [5, 5.41) is 11.6. The molecule has 1 aromatic carbocycles. The Morgan fingerprint density at radius 3 is 2.72 bits per heavy atom. The minimum atomic E-state index is -0.823. The number of carboxylic acid groups (broad SMARTS) is 1. The van der Waals surface area contributed by atoms with Gasteiger partial charge in [-0.3, -0.25) is 9.59 Å². The highest BCUT2D eigenvalue weighted by Crippen LogP contribution is 2.20. The maximum Gasteiger partial charge on any atom is 0.303 e. The summed E-state index contributed by atoms with van der Waals surface area (Å²) in [5.41, 5.74) is 0.407. The van der Waals surface area contributed by atoms with Gasteiger partial charge in [-0.25, -0.2) is 0 Å². The molecule has 0 saturated heterocycles. The number of hydrogen-bond acceptors (Lipinski definition) is 2. The first-order valence-corrected chi connectivity index (χ1v) is 6.63. The van der Waals surface area contributed by atoms with E-state index < -0.39 is 5.97 Å². The second-order valence-corrected chi connectivity index (χ2v) is 5.05. The molecular weight excluding hydrogens is 321 g/mol. The van der Waals surface area contributed by atoms with Crippen molar-refractivity contribution in [2.45, 2.75) is 19.3 Å². The number of halogens is 2. The lowest BCUT2D eigenvalue weighted by Crippen LogP contribution is -2.24. The molecule has 0 saturated carbocycles. The van der Waals surface area contributed by atoms with E-state index in [2.05, 4.69) is 21.2 Å². The van der Waals surface area contributed by atoms with Gasteiger partial charge in [0.25, 0.3) is 5.91 Å². The van der Waals surface area contributed by atoms with Crippen LogP contribution in [0.15, 0.2) is 22.7 Å². The molecule has 0 bridgehead atoms. The van der Waals surface area contributed by atoms with E-state index in [0.29, 0.717) is 30.0 Å². The quantitative estimate of drug-likeness (QED) is 0.786. The van der Waals surface area contributed by atoms with Crippen molar-refractivity contribution in [2.75, 3.05) is 6.54 Å². The predicted molar refractivity (Wildman–Crippen MR) is 73.0 cm³/mol. The largest absolute Gasteiger partial charge is 0.481 e. The van der Waals surface area contributed by atoms with Gasteiger partial charge in [0, 0.05) is 17.4 Å². The molecule has 0 atom stereocenters. The summed E-state index contributed by atoms with van der Waals surface area (Å²) in [6.45, 7) is 0.439. The van der Waals surface area contributed by atoms with Crippen molar-refractivity contribution in [3.8, 4) is 0 Å². The number of benzene rings is 1. The van der Waals surface area contributed by atoms with Crippen molar-refractivity contribution in [3.63, 3.8) is 0 Å². The summed E-state index contributed by atoms with van der Waals surface area (Å²) in [6.07, 6.45) is 1.29. The van der Waals surface area contributed by atoms with E-state index in [1.807, 2.05) is 0 Å². The van der Waals surface area contributed by atoms with Crippen LogP contribution in [0.1, 0.15) is 29.6 Å². The van der Waals surface area contributed by atoms with Crippen LogP contribution in [0.25, 0.3) is 0 Å². The smallest absolute Gasteiger partial charge is 0.303 e. The molecule has 1 amide bonds. The van der Waals surface area contributed by atoms with E-state index in [0.717, 1.165) is 4.47 Å². The molecule has 98 valence electrons. The van der Waals surface area contributed by atoms with Crippen LogP contribution in [0.5, 0.6) is 0 Å². The van der Waals surface area contributed by atoms with Crippen LogP contribution in [-0.4, -0.2) is 23.5 Å².